The van der Waals surface area contributed by atoms with Gasteiger partial charge in [0.25, 0.3) is 0 Å². The number of hydrazone groups is 1. The van der Waals surface area contributed by atoms with Gasteiger partial charge in [-0.3, -0.25) is 5.43 Å². The molecule has 0 heterocycles. The Balaban J connectivity index is 2.84. The number of hydrogen-bond donors (Lipinski definition) is 2. The van der Waals surface area contributed by atoms with Crippen LogP contribution in [0.15, 0.2) is 42.5 Å². The van der Waals surface area contributed by atoms with E-state index >= 15 is 0 Å². The van der Waals surface area contributed by atoms with Gasteiger partial charge in [-0.25, -0.2) is 0 Å². The molecule has 0 saturated carbocycles. The summed E-state index contributed by atoms with van der Waals surface area (Å²) in [6.45, 7) is 10.5. The lowest BCUT2D eigenvalue weighted by Gasteiger charge is -2.13. The van der Waals surface area contributed by atoms with E-state index in [-0.39, 0.29) is 0 Å². The third-order valence-corrected chi connectivity index (χ3v) is 2.98. The largest absolute Gasteiger partial charge is 0.490 e. The van der Waals surface area contributed by atoms with Crippen molar-refractivity contribution in [2.24, 2.45) is 5.10 Å². The van der Waals surface area contributed by atoms with Crippen LogP contribution in [-0.2, 0) is 0 Å². The van der Waals surface area contributed by atoms with Gasteiger partial charge in [-0.15, -0.1) is 6.58 Å². The van der Waals surface area contributed by atoms with Crippen LogP contribution >= 0.6 is 23.8 Å². The second-order valence-corrected chi connectivity index (χ2v) is 5.05. The molecule has 23 heavy (non-hydrogen) atoms. The molecule has 1 aromatic carbocycles. The van der Waals surface area contributed by atoms with Gasteiger partial charge in [0.15, 0.2) is 16.6 Å². The molecule has 0 aliphatic rings. The Morgan fingerprint density at radius 1 is 1.35 bits per heavy atom. The van der Waals surface area contributed by atoms with Crippen LogP contribution in [0, 0.1) is 0 Å². The van der Waals surface area contributed by atoms with E-state index in [0.717, 1.165) is 5.56 Å². The Kier molecular flexibility index (Phi) is 8.79. The van der Waals surface area contributed by atoms with E-state index in [4.69, 9.17) is 33.3 Å². The minimum Gasteiger partial charge on any atom is -0.490 e. The molecule has 0 spiro atoms. The van der Waals surface area contributed by atoms with Crippen molar-refractivity contribution < 1.29 is 9.47 Å². The van der Waals surface area contributed by atoms with Crippen molar-refractivity contribution >= 4 is 35.1 Å². The fourth-order valence-electron chi connectivity index (χ4n) is 1.58. The fourth-order valence-corrected chi connectivity index (χ4v) is 1.99. The van der Waals surface area contributed by atoms with E-state index in [1.54, 1.807) is 30.5 Å². The van der Waals surface area contributed by atoms with E-state index in [0.29, 0.717) is 41.4 Å². The summed E-state index contributed by atoms with van der Waals surface area (Å²) in [7, 11) is 0. The minimum absolute atomic E-state index is 0.345. The van der Waals surface area contributed by atoms with Crippen LogP contribution in [-0.4, -0.2) is 31.1 Å². The number of ether oxygens (including phenoxy) is 2. The molecule has 0 amide bonds. The number of rotatable bonds is 9. The van der Waals surface area contributed by atoms with Crippen molar-refractivity contribution in [2.45, 2.75) is 6.92 Å². The Labute approximate surface area is 147 Å². The van der Waals surface area contributed by atoms with E-state index in [2.05, 4.69) is 29.0 Å². The average molecular weight is 354 g/mol. The Morgan fingerprint density at radius 3 is 2.78 bits per heavy atom. The maximum atomic E-state index is 6.25. The molecule has 0 aliphatic carbocycles. The zero-order valence-corrected chi connectivity index (χ0v) is 14.5. The molecule has 0 aliphatic heterocycles. The molecule has 1 rings (SSSR count). The molecule has 124 valence electrons. The lowest BCUT2D eigenvalue weighted by atomic mass is 10.2. The first kappa shape index (κ1) is 19.0. The van der Waals surface area contributed by atoms with Gasteiger partial charge in [-0.05, 0) is 36.8 Å². The van der Waals surface area contributed by atoms with Gasteiger partial charge in [0, 0.05) is 6.54 Å². The predicted octanol–water partition coefficient (Wildman–Crippen LogP) is 3.29. The van der Waals surface area contributed by atoms with Gasteiger partial charge in [-0.1, -0.05) is 30.3 Å². The third-order valence-electron chi connectivity index (χ3n) is 2.46. The highest BCUT2D eigenvalue weighted by molar-refractivity contribution is 7.80. The maximum absolute atomic E-state index is 6.25. The highest BCUT2D eigenvalue weighted by atomic mass is 35.5. The van der Waals surface area contributed by atoms with Crippen molar-refractivity contribution in [3.63, 3.8) is 0 Å². The molecular weight excluding hydrogens is 334 g/mol. The Morgan fingerprint density at radius 2 is 2.13 bits per heavy atom. The number of benzene rings is 1. The first-order valence-electron chi connectivity index (χ1n) is 7.00. The number of halogens is 1. The summed E-state index contributed by atoms with van der Waals surface area (Å²) in [5, 5.41) is 7.79. The summed E-state index contributed by atoms with van der Waals surface area (Å²) in [4.78, 5) is 0. The molecule has 0 saturated heterocycles. The van der Waals surface area contributed by atoms with Gasteiger partial charge in [0.1, 0.15) is 6.61 Å². The van der Waals surface area contributed by atoms with E-state index in [1.165, 1.54) is 0 Å². The van der Waals surface area contributed by atoms with Crippen LogP contribution in [0.3, 0.4) is 0 Å². The van der Waals surface area contributed by atoms with E-state index in [9.17, 15) is 0 Å². The monoisotopic (exact) mass is 353 g/mol. The summed E-state index contributed by atoms with van der Waals surface area (Å²) in [5.41, 5.74) is 3.45. The number of nitrogens with zero attached hydrogens (tertiary/aromatic N) is 1. The quantitative estimate of drug-likeness (QED) is 0.309. The van der Waals surface area contributed by atoms with E-state index < -0.39 is 0 Å². The standard InChI is InChI=1S/C16H20ClN3O2S/c1-4-7-18-16(23)20-19-11-12-9-13(17)15(22-8-5-2)14(10-12)21-6-3/h4-5,9-11H,1-2,6-8H2,3H3,(H2,18,20,23)/b19-11+. The van der Waals surface area contributed by atoms with Gasteiger partial charge in [0.2, 0.25) is 0 Å². The van der Waals surface area contributed by atoms with E-state index in [1.807, 2.05) is 6.92 Å². The first-order chi connectivity index (χ1) is 11.1. The molecule has 1 aromatic rings. The molecule has 0 fully saturated rings. The molecule has 5 nitrogen and oxygen atoms in total. The molecule has 2 N–H and O–H groups in total. The molecule has 0 aromatic heterocycles. The summed E-state index contributed by atoms with van der Waals surface area (Å²) in [5.74, 6) is 1.04. The predicted molar refractivity (Wildman–Crippen MR) is 99.8 cm³/mol. The Hall–Kier alpha value is -2.05. The number of hydrogen-bond acceptors (Lipinski definition) is 4. The highest BCUT2D eigenvalue weighted by Gasteiger charge is 2.11. The smallest absolute Gasteiger partial charge is 0.187 e. The SMILES string of the molecule is C=CCNC(=S)N/N=C/c1cc(Cl)c(OCC=C)c(OCC)c1. The summed E-state index contributed by atoms with van der Waals surface area (Å²) >= 11 is 11.3. The molecule has 7 heteroatoms. The summed E-state index contributed by atoms with van der Waals surface area (Å²) in [6, 6.07) is 3.52. The molecule has 0 unspecified atom stereocenters. The van der Waals surface area contributed by atoms with Gasteiger partial charge < -0.3 is 14.8 Å². The second-order valence-electron chi connectivity index (χ2n) is 4.23. The molecule has 0 atom stereocenters. The molecular formula is C16H20ClN3O2S. The normalized spacial score (nSPS) is 10.2. The minimum atomic E-state index is 0.345. The van der Waals surface area contributed by atoms with Crippen molar-refractivity contribution in [1.29, 1.82) is 0 Å². The first-order valence-corrected chi connectivity index (χ1v) is 7.78. The Bertz CT molecular complexity index is 591. The van der Waals surface area contributed by atoms with Crippen LogP contribution < -0.4 is 20.2 Å². The molecule has 0 radical (unpaired) electrons. The third kappa shape index (κ3) is 6.71. The van der Waals surface area contributed by atoms with Crippen LogP contribution in [0.2, 0.25) is 5.02 Å². The number of thiocarbonyl (C=S) groups is 1. The van der Waals surface area contributed by atoms with Crippen molar-refractivity contribution in [3.8, 4) is 11.5 Å². The van der Waals surface area contributed by atoms with Crippen molar-refractivity contribution in [3.05, 3.63) is 48.0 Å². The lowest BCUT2D eigenvalue weighted by molar-refractivity contribution is 0.297. The zero-order valence-electron chi connectivity index (χ0n) is 13.0. The fraction of sp³-hybridized carbons (Fsp3) is 0.250. The zero-order chi connectivity index (χ0) is 17.1. The van der Waals surface area contributed by atoms with Gasteiger partial charge >= 0.3 is 0 Å². The van der Waals surface area contributed by atoms with Crippen molar-refractivity contribution in [1.82, 2.24) is 10.7 Å². The van der Waals surface area contributed by atoms with Crippen LogP contribution in [0.1, 0.15) is 12.5 Å². The van der Waals surface area contributed by atoms with Crippen LogP contribution in [0.25, 0.3) is 0 Å². The maximum Gasteiger partial charge on any atom is 0.187 e. The summed E-state index contributed by atoms with van der Waals surface area (Å²) in [6.07, 6.45) is 4.93. The van der Waals surface area contributed by atoms with Crippen LogP contribution in [0.4, 0.5) is 0 Å². The molecule has 0 bridgehead atoms. The highest BCUT2D eigenvalue weighted by Crippen LogP contribution is 2.36. The number of nitrogens with one attached hydrogen (secondary N) is 2. The second kappa shape index (κ2) is 10.6. The van der Waals surface area contributed by atoms with Gasteiger partial charge in [0.05, 0.1) is 17.8 Å². The van der Waals surface area contributed by atoms with Crippen molar-refractivity contribution in [2.75, 3.05) is 19.8 Å². The summed E-state index contributed by atoms with van der Waals surface area (Å²) < 4.78 is 11.1. The van der Waals surface area contributed by atoms with Gasteiger partial charge in [-0.2, -0.15) is 5.10 Å². The van der Waals surface area contributed by atoms with Crippen LogP contribution in [0.5, 0.6) is 11.5 Å². The average Bonchev–Trinajstić information content (AvgIpc) is 2.52. The lowest BCUT2D eigenvalue weighted by Crippen LogP contribution is -2.31. The topological polar surface area (TPSA) is 54.9 Å².